The molecular formula is C22H24FN3O3. The molecule has 1 aliphatic heterocycles. The third-order valence-electron chi connectivity index (χ3n) is 4.87. The zero-order valence-electron chi connectivity index (χ0n) is 16.4. The van der Waals surface area contributed by atoms with Crippen molar-refractivity contribution >= 4 is 29.1 Å². The van der Waals surface area contributed by atoms with Gasteiger partial charge in [-0.1, -0.05) is 26.0 Å². The molecular weight excluding hydrogens is 373 g/mol. The summed E-state index contributed by atoms with van der Waals surface area (Å²) in [6.07, 6.45) is 1.39. The summed E-state index contributed by atoms with van der Waals surface area (Å²) in [7, 11) is 0. The number of hydrogen-bond donors (Lipinski definition) is 2. The van der Waals surface area contributed by atoms with Gasteiger partial charge in [0.2, 0.25) is 11.8 Å². The van der Waals surface area contributed by atoms with E-state index in [0.29, 0.717) is 18.7 Å². The average Bonchev–Trinajstić information content (AvgIpc) is 3.12. The van der Waals surface area contributed by atoms with Crippen molar-refractivity contribution in [2.24, 2.45) is 5.92 Å². The van der Waals surface area contributed by atoms with Gasteiger partial charge in [-0.2, -0.15) is 0 Å². The second-order valence-electron chi connectivity index (χ2n) is 7.36. The number of carbonyl (C=O) groups is 3. The van der Waals surface area contributed by atoms with Crippen LogP contribution < -0.4 is 15.5 Å². The van der Waals surface area contributed by atoms with Crippen LogP contribution in [0.2, 0.25) is 0 Å². The predicted molar refractivity (Wildman–Crippen MR) is 109 cm³/mol. The van der Waals surface area contributed by atoms with E-state index in [2.05, 4.69) is 10.6 Å². The lowest BCUT2D eigenvalue weighted by molar-refractivity contribution is -0.119. The summed E-state index contributed by atoms with van der Waals surface area (Å²) in [6, 6.07) is 11.8. The first kappa shape index (κ1) is 20.5. The molecule has 29 heavy (non-hydrogen) atoms. The maximum Gasteiger partial charge on any atom is 0.254 e. The minimum atomic E-state index is -0.832. The van der Waals surface area contributed by atoms with E-state index in [1.807, 2.05) is 0 Å². The van der Waals surface area contributed by atoms with E-state index in [-0.39, 0.29) is 17.4 Å². The molecule has 0 aliphatic carbocycles. The highest BCUT2D eigenvalue weighted by atomic mass is 19.1. The number of amides is 3. The second-order valence-corrected chi connectivity index (χ2v) is 7.36. The molecule has 1 saturated heterocycles. The molecule has 0 spiro atoms. The van der Waals surface area contributed by atoms with Crippen molar-refractivity contribution < 1.29 is 18.8 Å². The molecule has 6 nitrogen and oxygen atoms in total. The summed E-state index contributed by atoms with van der Waals surface area (Å²) in [6.45, 7) is 4.30. The summed E-state index contributed by atoms with van der Waals surface area (Å²) >= 11 is 0. The molecule has 0 aromatic heterocycles. The van der Waals surface area contributed by atoms with Crippen molar-refractivity contribution in [3.63, 3.8) is 0 Å². The molecule has 0 radical (unpaired) electrons. The lowest BCUT2D eigenvalue weighted by Crippen LogP contribution is -2.47. The van der Waals surface area contributed by atoms with Crippen molar-refractivity contribution in [1.82, 2.24) is 5.32 Å². The smallest absolute Gasteiger partial charge is 0.254 e. The first-order valence-corrected chi connectivity index (χ1v) is 9.63. The largest absolute Gasteiger partial charge is 0.340 e. The lowest BCUT2D eigenvalue weighted by atomic mass is 10.0. The van der Waals surface area contributed by atoms with Crippen LogP contribution in [0.25, 0.3) is 0 Å². The van der Waals surface area contributed by atoms with Crippen LogP contribution in [0.1, 0.15) is 37.0 Å². The Balaban J connectivity index is 1.67. The number of anilines is 2. The van der Waals surface area contributed by atoms with Crippen LogP contribution in [0.15, 0.2) is 48.5 Å². The van der Waals surface area contributed by atoms with Gasteiger partial charge in [-0.25, -0.2) is 4.39 Å². The monoisotopic (exact) mass is 397 g/mol. The van der Waals surface area contributed by atoms with E-state index in [1.165, 1.54) is 18.2 Å². The fourth-order valence-electron chi connectivity index (χ4n) is 3.27. The highest BCUT2D eigenvalue weighted by Crippen LogP contribution is 2.23. The van der Waals surface area contributed by atoms with Crippen LogP contribution in [-0.4, -0.2) is 30.3 Å². The molecule has 1 heterocycles. The molecule has 3 amide bonds. The van der Waals surface area contributed by atoms with Crippen molar-refractivity contribution in [3.05, 3.63) is 59.9 Å². The average molecular weight is 397 g/mol. The Morgan fingerprint density at radius 2 is 1.76 bits per heavy atom. The first-order chi connectivity index (χ1) is 13.9. The van der Waals surface area contributed by atoms with Gasteiger partial charge in [0.05, 0.1) is 5.56 Å². The van der Waals surface area contributed by atoms with E-state index in [4.69, 9.17) is 0 Å². The fourth-order valence-corrected chi connectivity index (χ4v) is 3.27. The normalized spacial score (nSPS) is 14.8. The summed E-state index contributed by atoms with van der Waals surface area (Å²) in [4.78, 5) is 38.7. The third-order valence-corrected chi connectivity index (χ3v) is 4.87. The van der Waals surface area contributed by atoms with E-state index in [1.54, 1.807) is 49.1 Å². The molecule has 152 valence electrons. The van der Waals surface area contributed by atoms with Gasteiger partial charge in [-0.15, -0.1) is 0 Å². The maximum atomic E-state index is 13.8. The third kappa shape index (κ3) is 4.80. The predicted octanol–water partition coefficient (Wildman–Crippen LogP) is 3.35. The second kappa shape index (κ2) is 8.86. The van der Waals surface area contributed by atoms with Gasteiger partial charge in [0.15, 0.2) is 0 Å². The first-order valence-electron chi connectivity index (χ1n) is 9.63. The molecule has 0 bridgehead atoms. The van der Waals surface area contributed by atoms with E-state index in [9.17, 15) is 18.8 Å². The number of halogens is 1. The lowest BCUT2D eigenvalue weighted by Gasteiger charge is -2.22. The van der Waals surface area contributed by atoms with Gasteiger partial charge in [-0.3, -0.25) is 14.4 Å². The number of benzene rings is 2. The molecule has 2 aromatic carbocycles. The van der Waals surface area contributed by atoms with Crippen LogP contribution in [-0.2, 0) is 9.59 Å². The highest BCUT2D eigenvalue weighted by Gasteiger charge is 2.26. The molecule has 2 N–H and O–H groups in total. The van der Waals surface area contributed by atoms with Gasteiger partial charge < -0.3 is 15.5 Å². The Bertz CT molecular complexity index is 912. The van der Waals surface area contributed by atoms with E-state index < -0.39 is 23.7 Å². The number of nitrogens with one attached hydrogen (secondary N) is 2. The standard InChI is InChI=1S/C22H24FN3O3/c1-14(2)20(25-21(28)17-6-3-4-7-18(17)23)22(29)24-15-9-11-16(12-10-15)26-13-5-8-19(26)27/h3-4,6-7,9-12,14,20H,5,8,13H2,1-2H3,(H,24,29)(H,25,28). The van der Waals surface area contributed by atoms with Gasteiger partial charge in [-0.05, 0) is 48.7 Å². The fraction of sp³-hybridized carbons (Fsp3) is 0.318. The quantitative estimate of drug-likeness (QED) is 0.785. The Morgan fingerprint density at radius 3 is 2.34 bits per heavy atom. The Labute approximate surface area is 169 Å². The number of rotatable bonds is 6. The highest BCUT2D eigenvalue weighted by molar-refractivity contribution is 6.01. The van der Waals surface area contributed by atoms with Crippen molar-refractivity contribution in [2.75, 3.05) is 16.8 Å². The van der Waals surface area contributed by atoms with Crippen molar-refractivity contribution in [3.8, 4) is 0 Å². The molecule has 1 unspecified atom stereocenters. The van der Waals surface area contributed by atoms with Crippen LogP contribution in [0.3, 0.4) is 0 Å². The Hall–Kier alpha value is -3.22. The zero-order chi connectivity index (χ0) is 21.0. The minimum absolute atomic E-state index is 0.0949. The summed E-state index contributed by atoms with van der Waals surface area (Å²) in [5, 5.41) is 5.38. The molecule has 1 aliphatic rings. The zero-order valence-corrected chi connectivity index (χ0v) is 16.4. The Morgan fingerprint density at radius 1 is 1.07 bits per heavy atom. The molecule has 3 rings (SSSR count). The molecule has 7 heteroatoms. The summed E-state index contributed by atoms with van der Waals surface area (Å²) < 4.78 is 13.8. The van der Waals surface area contributed by atoms with Crippen LogP contribution in [0.4, 0.5) is 15.8 Å². The Kier molecular flexibility index (Phi) is 6.26. The summed E-state index contributed by atoms with van der Waals surface area (Å²) in [5.74, 6) is -1.78. The summed E-state index contributed by atoms with van der Waals surface area (Å²) in [5.41, 5.74) is 1.24. The van der Waals surface area contributed by atoms with Crippen LogP contribution in [0, 0.1) is 11.7 Å². The number of nitrogens with zero attached hydrogens (tertiary/aromatic N) is 1. The molecule has 1 fully saturated rings. The minimum Gasteiger partial charge on any atom is -0.340 e. The van der Waals surface area contributed by atoms with Crippen LogP contribution >= 0.6 is 0 Å². The number of carbonyl (C=O) groups excluding carboxylic acids is 3. The van der Waals surface area contributed by atoms with Crippen molar-refractivity contribution in [2.45, 2.75) is 32.7 Å². The maximum absolute atomic E-state index is 13.8. The van der Waals surface area contributed by atoms with E-state index in [0.717, 1.165) is 12.1 Å². The SMILES string of the molecule is CC(C)C(NC(=O)c1ccccc1F)C(=O)Nc1ccc(N2CCCC2=O)cc1. The van der Waals surface area contributed by atoms with E-state index >= 15 is 0 Å². The van der Waals surface area contributed by atoms with Gasteiger partial charge >= 0.3 is 0 Å². The molecule has 2 aromatic rings. The van der Waals surface area contributed by atoms with Gasteiger partial charge in [0, 0.05) is 24.3 Å². The molecule has 0 saturated carbocycles. The topological polar surface area (TPSA) is 78.5 Å². The molecule has 1 atom stereocenters. The number of hydrogen-bond acceptors (Lipinski definition) is 3. The van der Waals surface area contributed by atoms with Gasteiger partial charge in [0.1, 0.15) is 11.9 Å². The van der Waals surface area contributed by atoms with Gasteiger partial charge in [0.25, 0.3) is 5.91 Å². The van der Waals surface area contributed by atoms with Crippen LogP contribution in [0.5, 0.6) is 0 Å². The van der Waals surface area contributed by atoms with Crippen molar-refractivity contribution in [1.29, 1.82) is 0 Å².